The van der Waals surface area contributed by atoms with Gasteiger partial charge in [0.1, 0.15) is 17.3 Å². The molecule has 0 saturated heterocycles. The van der Waals surface area contributed by atoms with Gasteiger partial charge in [0, 0.05) is 24.4 Å². The highest BCUT2D eigenvalue weighted by atomic mass is 19.1. The number of carbonyl (C=O) groups is 1. The van der Waals surface area contributed by atoms with Gasteiger partial charge in [0.2, 0.25) is 5.88 Å². The average molecular weight is 323 g/mol. The van der Waals surface area contributed by atoms with Gasteiger partial charge in [0.05, 0.1) is 13.2 Å². The van der Waals surface area contributed by atoms with E-state index < -0.39 is 23.8 Å². The third-order valence-electron chi connectivity index (χ3n) is 2.99. The van der Waals surface area contributed by atoms with Crippen molar-refractivity contribution < 1.29 is 23.4 Å². The fraction of sp³-hybridized carbons (Fsp3) is 0.200. The predicted molar refractivity (Wildman–Crippen MR) is 79.1 cm³/mol. The lowest BCUT2D eigenvalue weighted by Gasteiger charge is -2.14. The molecule has 0 saturated carbocycles. The first-order valence-electron chi connectivity index (χ1n) is 6.68. The molecule has 0 radical (unpaired) electrons. The SMILES string of the molecule is COc1ncccc1NC(=O)NC[C@H](O)c1ccc(F)cc1F. The van der Waals surface area contributed by atoms with Gasteiger partial charge in [-0.25, -0.2) is 18.6 Å². The van der Waals surface area contributed by atoms with Gasteiger partial charge in [0.25, 0.3) is 0 Å². The molecule has 2 rings (SSSR count). The summed E-state index contributed by atoms with van der Waals surface area (Å²) in [6, 6.07) is 5.39. The zero-order valence-electron chi connectivity index (χ0n) is 12.2. The summed E-state index contributed by atoms with van der Waals surface area (Å²) in [6.45, 7) is -0.253. The van der Waals surface area contributed by atoms with Crippen LogP contribution in [-0.4, -0.2) is 29.8 Å². The minimum atomic E-state index is -1.31. The number of methoxy groups -OCH3 is 1. The molecule has 2 aromatic rings. The van der Waals surface area contributed by atoms with Crippen LogP contribution in [0.3, 0.4) is 0 Å². The van der Waals surface area contributed by atoms with Gasteiger partial charge < -0.3 is 20.5 Å². The molecule has 0 aliphatic carbocycles. The largest absolute Gasteiger partial charge is 0.480 e. The fourth-order valence-electron chi connectivity index (χ4n) is 1.89. The number of ether oxygens (including phenoxy) is 1. The summed E-state index contributed by atoms with van der Waals surface area (Å²) in [5.41, 5.74) is 0.237. The summed E-state index contributed by atoms with van der Waals surface area (Å²) >= 11 is 0. The van der Waals surface area contributed by atoms with Gasteiger partial charge in [-0.15, -0.1) is 0 Å². The quantitative estimate of drug-likeness (QED) is 0.788. The highest BCUT2D eigenvalue weighted by Crippen LogP contribution is 2.20. The zero-order valence-corrected chi connectivity index (χ0v) is 12.2. The second-order valence-electron chi connectivity index (χ2n) is 4.58. The molecule has 122 valence electrons. The van der Waals surface area contributed by atoms with Gasteiger partial charge >= 0.3 is 6.03 Å². The molecule has 0 aliphatic rings. The Balaban J connectivity index is 1.93. The van der Waals surface area contributed by atoms with Crippen LogP contribution in [0.2, 0.25) is 0 Å². The second-order valence-corrected chi connectivity index (χ2v) is 4.58. The molecule has 3 N–H and O–H groups in total. The molecule has 8 heteroatoms. The number of carbonyl (C=O) groups excluding carboxylic acids is 1. The summed E-state index contributed by atoms with van der Waals surface area (Å²) in [4.78, 5) is 15.7. The van der Waals surface area contributed by atoms with E-state index in [9.17, 15) is 18.7 Å². The maximum Gasteiger partial charge on any atom is 0.319 e. The van der Waals surface area contributed by atoms with Crippen molar-refractivity contribution in [1.29, 1.82) is 0 Å². The first-order valence-corrected chi connectivity index (χ1v) is 6.68. The summed E-state index contributed by atoms with van der Waals surface area (Å²) < 4.78 is 31.3. The molecule has 1 aromatic heterocycles. The van der Waals surface area contributed by atoms with Crippen LogP contribution < -0.4 is 15.4 Å². The maximum absolute atomic E-state index is 13.5. The smallest absolute Gasteiger partial charge is 0.319 e. The second kappa shape index (κ2) is 7.50. The van der Waals surface area contributed by atoms with Crippen LogP contribution in [0, 0.1) is 11.6 Å². The van der Waals surface area contributed by atoms with E-state index in [2.05, 4.69) is 15.6 Å². The van der Waals surface area contributed by atoms with E-state index >= 15 is 0 Å². The van der Waals surface area contributed by atoms with Gasteiger partial charge in [-0.3, -0.25) is 0 Å². The molecular weight excluding hydrogens is 308 g/mol. The van der Waals surface area contributed by atoms with E-state index in [0.717, 1.165) is 12.1 Å². The Morgan fingerprint density at radius 1 is 1.39 bits per heavy atom. The van der Waals surface area contributed by atoms with Crippen molar-refractivity contribution in [2.75, 3.05) is 19.0 Å². The Morgan fingerprint density at radius 3 is 2.87 bits per heavy atom. The minimum Gasteiger partial charge on any atom is -0.480 e. The number of nitrogens with one attached hydrogen (secondary N) is 2. The van der Waals surface area contributed by atoms with Crippen LogP contribution in [-0.2, 0) is 0 Å². The number of halogens is 2. The monoisotopic (exact) mass is 323 g/mol. The van der Waals surface area contributed by atoms with Crippen molar-refractivity contribution in [3.8, 4) is 5.88 Å². The van der Waals surface area contributed by atoms with E-state index in [0.29, 0.717) is 11.8 Å². The Labute approximate surface area is 131 Å². The van der Waals surface area contributed by atoms with Crippen molar-refractivity contribution >= 4 is 11.7 Å². The molecule has 1 atom stereocenters. The van der Waals surface area contributed by atoms with Crippen LogP contribution in [0.25, 0.3) is 0 Å². The van der Waals surface area contributed by atoms with E-state index in [1.54, 1.807) is 12.1 Å². The van der Waals surface area contributed by atoms with Crippen LogP contribution in [0.15, 0.2) is 36.5 Å². The van der Waals surface area contributed by atoms with E-state index in [-0.39, 0.29) is 18.0 Å². The number of nitrogens with zero attached hydrogens (tertiary/aromatic N) is 1. The van der Waals surface area contributed by atoms with Crippen LogP contribution in [0.5, 0.6) is 5.88 Å². The third kappa shape index (κ3) is 4.36. The topological polar surface area (TPSA) is 83.5 Å². The lowest BCUT2D eigenvalue weighted by Crippen LogP contribution is -2.32. The van der Waals surface area contributed by atoms with Gasteiger partial charge in [-0.2, -0.15) is 0 Å². The number of amides is 2. The van der Waals surface area contributed by atoms with Crippen molar-refractivity contribution in [1.82, 2.24) is 10.3 Å². The van der Waals surface area contributed by atoms with Crippen molar-refractivity contribution in [2.45, 2.75) is 6.10 Å². The zero-order chi connectivity index (χ0) is 16.8. The first kappa shape index (κ1) is 16.6. The minimum absolute atomic E-state index is 0.106. The molecule has 0 spiro atoms. The van der Waals surface area contributed by atoms with Crippen LogP contribution in [0.1, 0.15) is 11.7 Å². The van der Waals surface area contributed by atoms with Gasteiger partial charge in [0.15, 0.2) is 0 Å². The van der Waals surface area contributed by atoms with Crippen molar-refractivity contribution in [3.63, 3.8) is 0 Å². The standard InChI is InChI=1S/C15H15F2N3O3/c1-23-14-12(3-2-6-18-14)20-15(22)19-8-13(21)10-5-4-9(16)7-11(10)17/h2-7,13,21H,8H2,1H3,(H2,19,20,22)/t13-/m0/s1. The Kier molecular flexibility index (Phi) is 5.42. The highest BCUT2D eigenvalue weighted by Gasteiger charge is 2.15. The molecule has 0 unspecified atom stereocenters. The van der Waals surface area contributed by atoms with E-state index in [1.807, 2.05) is 0 Å². The molecule has 0 bridgehead atoms. The van der Waals surface area contributed by atoms with E-state index in [1.165, 1.54) is 13.3 Å². The Morgan fingerprint density at radius 2 is 2.17 bits per heavy atom. The summed E-state index contributed by atoms with van der Waals surface area (Å²) in [5.74, 6) is -1.39. The Bertz CT molecular complexity index is 697. The summed E-state index contributed by atoms with van der Waals surface area (Å²) in [6.07, 6.45) is 0.195. The number of aliphatic hydroxyl groups is 1. The number of anilines is 1. The van der Waals surface area contributed by atoms with E-state index in [4.69, 9.17) is 4.74 Å². The molecule has 23 heavy (non-hydrogen) atoms. The lowest BCUT2D eigenvalue weighted by molar-refractivity contribution is 0.170. The predicted octanol–water partition coefficient (Wildman–Crippen LogP) is 2.22. The molecule has 2 amide bonds. The number of rotatable bonds is 5. The molecule has 0 fully saturated rings. The third-order valence-corrected chi connectivity index (χ3v) is 2.99. The number of aromatic nitrogens is 1. The van der Waals surface area contributed by atoms with Gasteiger partial charge in [-0.1, -0.05) is 6.07 Å². The van der Waals surface area contributed by atoms with Crippen LogP contribution >= 0.6 is 0 Å². The first-order chi connectivity index (χ1) is 11.0. The Hall–Kier alpha value is -2.74. The summed E-state index contributed by atoms with van der Waals surface area (Å²) in [5, 5.41) is 14.7. The molecule has 1 heterocycles. The number of urea groups is 1. The summed E-state index contributed by atoms with van der Waals surface area (Å²) in [7, 11) is 1.41. The number of hydrogen-bond acceptors (Lipinski definition) is 4. The number of benzene rings is 1. The molecule has 0 aliphatic heterocycles. The fourth-order valence-corrected chi connectivity index (χ4v) is 1.89. The molecular formula is C15H15F2N3O3. The molecule has 6 nitrogen and oxygen atoms in total. The molecule has 1 aromatic carbocycles. The van der Waals surface area contributed by atoms with Gasteiger partial charge in [-0.05, 0) is 18.2 Å². The normalized spacial score (nSPS) is 11.7. The lowest BCUT2D eigenvalue weighted by atomic mass is 10.1. The van der Waals surface area contributed by atoms with Crippen molar-refractivity contribution in [3.05, 3.63) is 53.7 Å². The highest BCUT2D eigenvalue weighted by molar-refractivity contribution is 5.90. The maximum atomic E-state index is 13.5. The number of aliphatic hydroxyl groups excluding tert-OH is 1. The van der Waals surface area contributed by atoms with Crippen molar-refractivity contribution in [2.24, 2.45) is 0 Å². The van der Waals surface area contributed by atoms with Crippen LogP contribution in [0.4, 0.5) is 19.3 Å². The number of pyridine rings is 1. The average Bonchev–Trinajstić information content (AvgIpc) is 2.53. The number of hydrogen-bond donors (Lipinski definition) is 3.